The number of amides is 3. The largest absolute Gasteiger partial charge is 0.354 e. The maximum absolute atomic E-state index is 12.5. The van der Waals surface area contributed by atoms with Crippen LogP contribution in [0.15, 0.2) is 72.8 Å². The Morgan fingerprint density at radius 2 is 1.57 bits per heavy atom. The number of nitrogens with one attached hydrogen (secondary N) is 4. The van der Waals surface area contributed by atoms with Crippen LogP contribution in [0.3, 0.4) is 0 Å². The number of anilines is 3. The lowest BCUT2D eigenvalue weighted by molar-refractivity contribution is -0.116. The summed E-state index contributed by atoms with van der Waals surface area (Å²) < 4.78 is 0. The zero-order valence-electron chi connectivity index (χ0n) is 20.4. The van der Waals surface area contributed by atoms with Crippen molar-refractivity contribution in [2.75, 3.05) is 16.4 Å². The van der Waals surface area contributed by atoms with Crippen molar-refractivity contribution in [3.8, 4) is 0 Å². The summed E-state index contributed by atoms with van der Waals surface area (Å²) in [4.78, 5) is 28.8. The highest BCUT2D eigenvalue weighted by Gasteiger charge is 2.42. The molecule has 3 aromatic carbocycles. The molecule has 37 heavy (non-hydrogen) atoms. The van der Waals surface area contributed by atoms with Gasteiger partial charge < -0.3 is 21.3 Å². The molecule has 0 spiro atoms. The van der Waals surface area contributed by atoms with Gasteiger partial charge in [0.1, 0.15) is 0 Å². The van der Waals surface area contributed by atoms with Crippen molar-refractivity contribution in [2.45, 2.75) is 43.0 Å². The van der Waals surface area contributed by atoms with Gasteiger partial charge >= 0.3 is 6.03 Å². The number of hydrogen-bond donors (Lipinski definition) is 4. The number of nitrogens with zero attached hydrogens (tertiary/aromatic N) is 1. The van der Waals surface area contributed by atoms with E-state index in [-0.39, 0.29) is 24.0 Å². The Labute approximate surface area is 219 Å². The van der Waals surface area contributed by atoms with Crippen molar-refractivity contribution in [3.05, 3.63) is 72.8 Å². The van der Waals surface area contributed by atoms with Crippen LogP contribution in [-0.2, 0) is 4.79 Å². The van der Waals surface area contributed by atoms with Gasteiger partial charge in [-0.1, -0.05) is 42.8 Å². The summed E-state index contributed by atoms with van der Waals surface area (Å²) in [6.45, 7) is 0. The Kier molecular flexibility index (Phi) is 6.57. The van der Waals surface area contributed by atoms with Gasteiger partial charge in [-0.3, -0.25) is 4.79 Å². The van der Waals surface area contributed by atoms with Gasteiger partial charge in [0.2, 0.25) is 5.91 Å². The molecule has 3 heterocycles. The third kappa shape index (κ3) is 5.06. The molecule has 188 valence electrons. The van der Waals surface area contributed by atoms with E-state index < -0.39 is 0 Å². The first kappa shape index (κ1) is 23.6. The highest BCUT2D eigenvalue weighted by Crippen LogP contribution is 2.34. The molecule has 0 aliphatic carbocycles. The molecule has 2 saturated heterocycles. The second-order valence-electron chi connectivity index (χ2n) is 9.64. The Morgan fingerprint density at radius 3 is 2.30 bits per heavy atom. The molecule has 4 N–H and O–H groups in total. The van der Waals surface area contributed by atoms with E-state index in [9.17, 15) is 9.59 Å². The van der Waals surface area contributed by atoms with E-state index in [0.717, 1.165) is 63.9 Å². The third-order valence-corrected chi connectivity index (χ3v) is 8.61. The summed E-state index contributed by atoms with van der Waals surface area (Å²) >= 11 is 1.91. The van der Waals surface area contributed by atoms with Crippen LogP contribution in [-0.4, -0.2) is 40.0 Å². The topological polar surface area (TPSA) is 95.2 Å². The fourth-order valence-corrected chi connectivity index (χ4v) is 6.80. The SMILES string of the molecule is O=C(CCCCC1SCC2NC(=O)NC21)Nc1ccc(Nc2c3ccccc3nc3ccccc23)cc1. The van der Waals surface area contributed by atoms with Gasteiger partial charge in [-0.05, 0) is 49.2 Å². The van der Waals surface area contributed by atoms with Crippen molar-refractivity contribution in [3.63, 3.8) is 0 Å². The van der Waals surface area contributed by atoms with Crippen LogP contribution >= 0.6 is 11.8 Å². The average molecular weight is 512 g/mol. The Bertz CT molecular complexity index is 1400. The number of para-hydroxylation sites is 2. The molecule has 2 aliphatic rings. The maximum Gasteiger partial charge on any atom is 0.315 e. The van der Waals surface area contributed by atoms with Crippen molar-refractivity contribution >= 4 is 62.6 Å². The van der Waals surface area contributed by atoms with E-state index in [1.807, 2.05) is 72.4 Å². The van der Waals surface area contributed by atoms with Crippen LogP contribution in [0.5, 0.6) is 0 Å². The lowest BCUT2D eigenvalue weighted by Gasteiger charge is -2.16. The highest BCUT2D eigenvalue weighted by atomic mass is 32.2. The summed E-state index contributed by atoms with van der Waals surface area (Å²) in [5.74, 6) is 0.993. The third-order valence-electron chi connectivity index (χ3n) is 7.11. The molecule has 3 amide bonds. The van der Waals surface area contributed by atoms with E-state index in [2.05, 4.69) is 33.4 Å². The summed E-state index contributed by atoms with van der Waals surface area (Å²) in [5.41, 5.74) is 4.65. The van der Waals surface area contributed by atoms with Crippen LogP contribution in [0.25, 0.3) is 21.8 Å². The number of rotatable bonds is 8. The number of hydrogen-bond acceptors (Lipinski definition) is 5. The molecule has 0 bridgehead atoms. The molecule has 0 saturated carbocycles. The lowest BCUT2D eigenvalue weighted by Crippen LogP contribution is -2.36. The van der Waals surface area contributed by atoms with Gasteiger partial charge in [0.05, 0.1) is 28.8 Å². The molecule has 0 radical (unpaired) electrons. The van der Waals surface area contributed by atoms with Gasteiger partial charge in [0.25, 0.3) is 0 Å². The van der Waals surface area contributed by atoms with Gasteiger partial charge in [0, 0.05) is 39.6 Å². The quantitative estimate of drug-likeness (QED) is 0.136. The number of carbonyl (C=O) groups excluding carboxylic acids is 2. The van der Waals surface area contributed by atoms with Gasteiger partial charge in [-0.25, -0.2) is 9.78 Å². The Hall–Kier alpha value is -3.78. The molecule has 1 aromatic heterocycles. The minimum Gasteiger partial charge on any atom is -0.354 e. The van der Waals surface area contributed by atoms with E-state index in [1.165, 1.54) is 0 Å². The van der Waals surface area contributed by atoms with Gasteiger partial charge in [-0.15, -0.1) is 0 Å². The monoisotopic (exact) mass is 511 g/mol. The number of fused-ring (bicyclic) bond motifs is 3. The molecule has 6 rings (SSSR count). The van der Waals surface area contributed by atoms with E-state index in [0.29, 0.717) is 11.7 Å². The predicted molar refractivity (Wildman–Crippen MR) is 152 cm³/mol. The van der Waals surface area contributed by atoms with Gasteiger partial charge in [0.15, 0.2) is 0 Å². The number of aromatic nitrogens is 1. The first-order valence-electron chi connectivity index (χ1n) is 12.8. The number of carbonyl (C=O) groups is 2. The summed E-state index contributed by atoms with van der Waals surface area (Å²) in [6, 6.07) is 24.5. The van der Waals surface area contributed by atoms with E-state index in [1.54, 1.807) is 0 Å². The second-order valence-corrected chi connectivity index (χ2v) is 10.9. The van der Waals surface area contributed by atoms with E-state index >= 15 is 0 Å². The number of thioether (sulfide) groups is 1. The first-order chi connectivity index (χ1) is 18.1. The molecular formula is C29H29N5O2S. The molecule has 2 fully saturated rings. The number of unbranched alkanes of at least 4 members (excludes halogenated alkanes) is 1. The van der Waals surface area contributed by atoms with Crippen molar-refractivity contribution in [2.24, 2.45) is 0 Å². The Morgan fingerprint density at radius 1 is 0.892 bits per heavy atom. The smallest absolute Gasteiger partial charge is 0.315 e. The fraction of sp³-hybridized carbons (Fsp3) is 0.276. The zero-order valence-corrected chi connectivity index (χ0v) is 21.2. The van der Waals surface area contributed by atoms with Crippen molar-refractivity contribution < 1.29 is 9.59 Å². The number of benzene rings is 3. The minimum atomic E-state index is -0.0524. The predicted octanol–water partition coefficient (Wildman–Crippen LogP) is 5.80. The summed E-state index contributed by atoms with van der Waals surface area (Å²) in [5, 5.41) is 15.2. The highest BCUT2D eigenvalue weighted by molar-refractivity contribution is 8.00. The molecule has 3 unspecified atom stereocenters. The maximum atomic E-state index is 12.5. The lowest BCUT2D eigenvalue weighted by atomic mass is 10.0. The molecule has 4 aromatic rings. The molecule has 3 atom stereocenters. The fourth-order valence-electron chi connectivity index (χ4n) is 5.25. The van der Waals surface area contributed by atoms with Crippen LogP contribution in [0.4, 0.5) is 21.9 Å². The molecule has 8 heteroatoms. The molecular weight excluding hydrogens is 482 g/mol. The number of pyridine rings is 1. The minimum absolute atomic E-state index is 0.0274. The summed E-state index contributed by atoms with van der Waals surface area (Å²) in [7, 11) is 0. The summed E-state index contributed by atoms with van der Waals surface area (Å²) in [6.07, 6.45) is 3.31. The molecule has 7 nitrogen and oxygen atoms in total. The van der Waals surface area contributed by atoms with Crippen LogP contribution in [0, 0.1) is 0 Å². The normalized spacial score (nSPS) is 20.4. The standard InChI is InChI=1S/C29H29N5O2S/c35-26(12-6-5-11-25-28-24(17-37-25)33-29(36)34-28)30-18-13-15-19(16-14-18)31-27-20-7-1-3-9-22(20)32-23-10-4-2-8-21(23)27/h1-4,7-10,13-16,24-25,28H,5-6,11-12,17H2,(H,30,35)(H,31,32)(H2,33,34,36). The zero-order chi connectivity index (χ0) is 25.2. The average Bonchev–Trinajstić information content (AvgIpc) is 3.46. The molecule has 2 aliphatic heterocycles. The van der Waals surface area contributed by atoms with Crippen LogP contribution in [0.2, 0.25) is 0 Å². The van der Waals surface area contributed by atoms with Crippen LogP contribution in [0.1, 0.15) is 25.7 Å². The second kappa shape index (κ2) is 10.3. The van der Waals surface area contributed by atoms with Crippen molar-refractivity contribution in [1.82, 2.24) is 15.6 Å². The number of urea groups is 1. The van der Waals surface area contributed by atoms with Crippen LogP contribution < -0.4 is 21.3 Å². The van der Waals surface area contributed by atoms with Gasteiger partial charge in [-0.2, -0.15) is 11.8 Å². The Balaban J connectivity index is 1.04. The van der Waals surface area contributed by atoms with Crippen molar-refractivity contribution in [1.29, 1.82) is 0 Å². The van der Waals surface area contributed by atoms with E-state index in [4.69, 9.17) is 4.98 Å². The first-order valence-corrected chi connectivity index (χ1v) is 13.8.